The zero-order valence-corrected chi connectivity index (χ0v) is 25.6. The molecule has 1 aliphatic carbocycles. The van der Waals surface area contributed by atoms with Gasteiger partial charge in [-0.1, -0.05) is 17.7 Å². The van der Waals surface area contributed by atoms with Crippen molar-refractivity contribution in [2.45, 2.75) is 83.5 Å². The number of nitriles is 1. The van der Waals surface area contributed by atoms with Crippen molar-refractivity contribution in [3.8, 4) is 17.3 Å². The second kappa shape index (κ2) is 15.5. The van der Waals surface area contributed by atoms with Crippen LogP contribution in [0.4, 0.5) is 11.6 Å². The highest BCUT2D eigenvalue weighted by molar-refractivity contribution is 6.33. The van der Waals surface area contributed by atoms with Crippen LogP contribution in [-0.2, 0) is 19.0 Å². The Morgan fingerprint density at radius 1 is 1.19 bits per heavy atom. The van der Waals surface area contributed by atoms with E-state index in [2.05, 4.69) is 33.9 Å². The van der Waals surface area contributed by atoms with Crippen molar-refractivity contribution in [3.63, 3.8) is 0 Å². The van der Waals surface area contributed by atoms with E-state index in [0.717, 1.165) is 42.8 Å². The van der Waals surface area contributed by atoms with Gasteiger partial charge in [-0.3, -0.25) is 0 Å². The van der Waals surface area contributed by atoms with Gasteiger partial charge in [0.05, 0.1) is 35.4 Å². The minimum absolute atomic E-state index is 0.136. The molecule has 10 nitrogen and oxygen atoms in total. The van der Waals surface area contributed by atoms with E-state index in [1.165, 1.54) is 0 Å². The SMILES string of the molecule is CCOC(=O)[C@H](C)OC[C@H](C)NC1CCC(Nc2cc(-c3cccc(NCC4(C#N)CCOCC4)n3)c(Cl)cn2)CC1. The molecule has 42 heavy (non-hydrogen) atoms. The lowest BCUT2D eigenvalue weighted by Gasteiger charge is -2.32. The maximum Gasteiger partial charge on any atom is 0.334 e. The molecular formula is C31H43ClN6O4. The molecule has 3 heterocycles. The van der Waals surface area contributed by atoms with Crippen LogP contribution in [0.5, 0.6) is 0 Å². The van der Waals surface area contributed by atoms with Crippen molar-refractivity contribution in [1.29, 1.82) is 5.26 Å². The number of ether oxygens (including phenoxy) is 3. The van der Waals surface area contributed by atoms with Gasteiger partial charge in [-0.25, -0.2) is 14.8 Å². The number of esters is 1. The Labute approximate surface area is 253 Å². The predicted octanol–water partition coefficient (Wildman–Crippen LogP) is 5.20. The maximum absolute atomic E-state index is 11.8. The molecule has 0 spiro atoms. The predicted molar refractivity (Wildman–Crippen MR) is 163 cm³/mol. The van der Waals surface area contributed by atoms with Gasteiger partial charge in [0.15, 0.2) is 6.10 Å². The number of carbonyl (C=O) groups excluding carboxylic acids is 1. The minimum atomic E-state index is -0.562. The fourth-order valence-electron chi connectivity index (χ4n) is 5.43. The summed E-state index contributed by atoms with van der Waals surface area (Å²) >= 11 is 6.56. The molecule has 228 valence electrons. The second-order valence-corrected chi connectivity index (χ2v) is 11.7. The fraction of sp³-hybridized carbons (Fsp3) is 0.613. The van der Waals surface area contributed by atoms with Gasteiger partial charge in [-0.15, -0.1) is 0 Å². The highest BCUT2D eigenvalue weighted by Gasteiger charge is 2.32. The van der Waals surface area contributed by atoms with Crippen molar-refractivity contribution in [2.75, 3.05) is 43.6 Å². The van der Waals surface area contributed by atoms with Gasteiger partial charge >= 0.3 is 5.97 Å². The average molecular weight is 599 g/mol. The molecule has 2 fully saturated rings. The van der Waals surface area contributed by atoms with Gasteiger partial charge in [-0.2, -0.15) is 5.26 Å². The van der Waals surface area contributed by atoms with Gasteiger partial charge in [-0.05, 0) is 77.5 Å². The summed E-state index contributed by atoms with van der Waals surface area (Å²) in [7, 11) is 0. The Kier molecular flexibility index (Phi) is 11.8. The molecule has 1 saturated heterocycles. The summed E-state index contributed by atoms with van der Waals surface area (Å²) in [5.74, 6) is 1.15. The highest BCUT2D eigenvalue weighted by Crippen LogP contribution is 2.32. The summed E-state index contributed by atoms with van der Waals surface area (Å²) in [5, 5.41) is 20.9. The zero-order chi connectivity index (χ0) is 30.0. The lowest BCUT2D eigenvalue weighted by atomic mass is 9.82. The number of pyridine rings is 2. The third-order valence-corrected chi connectivity index (χ3v) is 8.29. The standard InChI is InChI=1S/C31H43ClN6O4/c1-4-41-30(39)22(3)42-18-21(2)36-23-8-10-24(11-9-23)37-29-16-25(26(32)17-34-29)27-6-5-7-28(38-27)35-20-31(19-33)12-14-40-15-13-31/h5-7,16-17,21-24,36H,4,8-15,18,20H2,1-3H3,(H,34,37)(H,35,38)/t21-,22-,23?,24?/m0/s1. The summed E-state index contributed by atoms with van der Waals surface area (Å²) < 4.78 is 16.1. The van der Waals surface area contributed by atoms with Crippen LogP contribution in [0.1, 0.15) is 59.3 Å². The van der Waals surface area contributed by atoms with Crippen LogP contribution in [0.2, 0.25) is 5.02 Å². The average Bonchev–Trinajstić information content (AvgIpc) is 3.01. The number of aromatic nitrogens is 2. The smallest absolute Gasteiger partial charge is 0.334 e. The first-order valence-electron chi connectivity index (χ1n) is 15.0. The molecule has 3 N–H and O–H groups in total. The van der Waals surface area contributed by atoms with Crippen LogP contribution in [0, 0.1) is 16.7 Å². The molecule has 0 radical (unpaired) electrons. The van der Waals surface area contributed by atoms with Crippen molar-refractivity contribution < 1.29 is 19.0 Å². The molecule has 0 aromatic carbocycles. The Hall–Kier alpha value is -2.97. The van der Waals surface area contributed by atoms with Crippen LogP contribution in [-0.4, -0.2) is 73.1 Å². The van der Waals surface area contributed by atoms with E-state index in [1.54, 1.807) is 20.0 Å². The number of anilines is 2. The number of nitrogens with zero attached hydrogens (tertiary/aromatic N) is 3. The molecule has 0 amide bonds. The van der Waals surface area contributed by atoms with Crippen molar-refractivity contribution in [1.82, 2.24) is 15.3 Å². The van der Waals surface area contributed by atoms with Crippen LogP contribution in [0.3, 0.4) is 0 Å². The third-order valence-electron chi connectivity index (χ3n) is 7.99. The molecule has 1 aliphatic heterocycles. The minimum Gasteiger partial charge on any atom is -0.464 e. The van der Waals surface area contributed by atoms with Crippen molar-refractivity contribution >= 4 is 29.2 Å². The Balaban J connectivity index is 1.28. The first kappa shape index (κ1) is 32.0. The molecular weight excluding hydrogens is 556 g/mol. The van der Waals surface area contributed by atoms with Gasteiger partial charge in [0.1, 0.15) is 11.6 Å². The second-order valence-electron chi connectivity index (χ2n) is 11.3. The van der Waals surface area contributed by atoms with E-state index >= 15 is 0 Å². The molecule has 0 unspecified atom stereocenters. The Bertz CT molecular complexity index is 1210. The van der Waals surface area contributed by atoms with Crippen molar-refractivity contribution in [2.24, 2.45) is 5.41 Å². The van der Waals surface area contributed by atoms with E-state index in [9.17, 15) is 10.1 Å². The van der Waals surface area contributed by atoms with E-state index in [0.29, 0.717) is 68.7 Å². The van der Waals surface area contributed by atoms with Crippen LogP contribution in [0.25, 0.3) is 11.3 Å². The van der Waals surface area contributed by atoms with Gasteiger partial charge in [0, 0.05) is 49.6 Å². The number of halogens is 1. The van der Waals surface area contributed by atoms with E-state index < -0.39 is 11.5 Å². The summed E-state index contributed by atoms with van der Waals surface area (Å²) in [6, 6.07) is 11.1. The number of hydrogen-bond donors (Lipinski definition) is 3. The van der Waals surface area contributed by atoms with E-state index in [-0.39, 0.29) is 12.0 Å². The largest absolute Gasteiger partial charge is 0.464 e. The Morgan fingerprint density at radius 3 is 2.64 bits per heavy atom. The molecule has 2 aromatic rings. The normalized spacial score (nSPS) is 21.5. The summed E-state index contributed by atoms with van der Waals surface area (Å²) in [6.45, 7) is 8.13. The summed E-state index contributed by atoms with van der Waals surface area (Å²) in [4.78, 5) is 21.1. The quantitative estimate of drug-likeness (QED) is 0.264. The van der Waals surface area contributed by atoms with E-state index in [4.69, 9.17) is 30.8 Å². The number of carbonyl (C=O) groups is 1. The Morgan fingerprint density at radius 2 is 1.93 bits per heavy atom. The lowest BCUT2D eigenvalue weighted by molar-refractivity contribution is -0.155. The van der Waals surface area contributed by atoms with E-state index in [1.807, 2.05) is 24.3 Å². The number of rotatable bonds is 13. The molecule has 0 bridgehead atoms. The lowest BCUT2D eigenvalue weighted by Crippen LogP contribution is -2.43. The number of hydrogen-bond acceptors (Lipinski definition) is 10. The fourth-order valence-corrected chi connectivity index (χ4v) is 5.63. The molecule has 2 aromatic heterocycles. The van der Waals surface area contributed by atoms with Crippen LogP contribution in [0.15, 0.2) is 30.5 Å². The summed E-state index contributed by atoms with van der Waals surface area (Å²) in [5.41, 5.74) is 1.11. The topological polar surface area (TPSA) is 130 Å². The number of nitrogens with one attached hydrogen (secondary N) is 3. The van der Waals surface area contributed by atoms with Gasteiger partial charge in [0.2, 0.25) is 0 Å². The van der Waals surface area contributed by atoms with Gasteiger partial charge in [0.25, 0.3) is 0 Å². The first-order chi connectivity index (χ1) is 20.3. The van der Waals surface area contributed by atoms with Crippen LogP contribution >= 0.6 is 11.6 Å². The summed E-state index contributed by atoms with van der Waals surface area (Å²) in [6.07, 6.45) is 6.60. The van der Waals surface area contributed by atoms with Gasteiger partial charge < -0.3 is 30.2 Å². The molecule has 4 rings (SSSR count). The first-order valence-corrected chi connectivity index (χ1v) is 15.4. The molecule has 11 heteroatoms. The molecule has 2 aliphatic rings. The molecule has 1 saturated carbocycles. The van der Waals surface area contributed by atoms with Crippen LogP contribution < -0.4 is 16.0 Å². The monoisotopic (exact) mass is 598 g/mol. The van der Waals surface area contributed by atoms with Crippen molar-refractivity contribution in [3.05, 3.63) is 35.5 Å². The zero-order valence-electron chi connectivity index (χ0n) is 24.8. The molecule has 2 atom stereocenters. The third kappa shape index (κ3) is 9.01. The highest BCUT2D eigenvalue weighted by atomic mass is 35.5. The maximum atomic E-state index is 11.8.